The number of para-hydroxylation sites is 1. The number of hydrogen-bond acceptors (Lipinski definition) is 4. The van der Waals surface area contributed by atoms with Crippen LogP contribution in [0.2, 0.25) is 0 Å². The summed E-state index contributed by atoms with van der Waals surface area (Å²) < 4.78 is 21.8. The van der Waals surface area contributed by atoms with E-state index in [-0.39, 0.29) is 30.2 Å². The highest BCUT2D eigenvalue weighted by atomic mass is 19.1. The van der Waals surface area contributed by atoms with Crippen molar-refractivity contribution in [3.8, 4) is 5.75 Å². The second kappa shape index (κ2) is 7.87. The molecule has 3 aromatic rings. The molecule has 0 unspecified atom stereocenters. The molecule has 2 aromatic carbocycles. The van der Waals surface area contributed by atoms with Gasteiger partial charge >= 0.3 is 0 Å². The van der Waals surface area contributed by atoms with E-state index in [0.717, 1.165) is 11.1 Å². The molecule has 0 spiro atoms. The fourth-order valence-corrected chi connectivity index (χ4v) is 3.30. The molecule has 148 valence electrons. The SMILES string of the molecule is Cc1c(F)c(C(=O)N[C@H]2COc3ccccc3CC2=O)nn1Cc1ccccc1. The number of nitrogens with zero attached hydrogens (tertiary/aromatic N) is 2. The van der Waals surface area contributed by atoms with Crippen LogP contribution >= 0.6 is 0 Å². The Hall–Kier alpha value is -3.48. The fourth-order valence-electron chi connectivity index (χ4n) is 3.30. The second-order valence-electron chi connectivity index (χ2n) is 6.98. The third kappa shape index (κ3) is 3.89. The van der Waals surface area contributed by atoms with Gasteiger partial charge in [-0.05, 0) is 18.6 Å². The topological polar surface area (TPSA) is 73.2 Å². The van der Waals surface area contributed by atoms with Gasteiger partial charge in [0, 0.05) is 12.0 Å². The van der Waals surface area contributed by atoms with Gasteiger partial charge in [-0.3, -0.25) is 14.3 Å². The van der Waals surface area contributed by atoms with Crippen LogP contribution in [0.5, 0.6) is 5.75 Å². The molecule has 2 heterocycles. The Bertz CT molecular complexity index is 1060. The number of rotatable bonds is 4. The number of amides is 1. The Morgan fingerprint density at radius 3 is 2.72 bits per heavy atom. The first-order valence-electron chi connectivity index (χ1n) is 9.34. The van der Waals surface area contributed by atoms with Gasteiger partial charge in [-0.15, -0.1) is 0 Å². The number of carbonyl (C=O) groups excluding carboxylic acids is 2. The molecule has 7 heteroatoms. The van der Waals surface area contributed by atoms with Gasteiger partial charge in [0.15, 0.2) is 17.3 Å². The monoisotopic (exact) mass is 393 g/mol. The Labute approximate surface area is 167 Å². The zero-order valence-electron chi connectivity index (χ0n) is 15.9. The maximum absolute atomic E-state index is 14.7. The average molecular weight is 393 g/mol. The summed E-state index contributed by atoms with van der Waals surface area (Å²) in [5, 5.41) is 6.71. The van der Waals surface area contributed by atoms with E-state index in [4.69, 9.17) is 4.74 Å². The van der Waals surface area contributed by atoms with Crippen LogP contribution < -0.4 is 10.1 Å². The van der Waals surface area contributed by atoms with Crippen LogP contribution in [-0.4, -0.2) is 34.1 Å². The Balaban J connectivity index is 1.50. The number of fused-ring (bicyclic) bond motifs is 1. The Kier molecular flexibility index (Phi) is 5.12. The number of hydrogen-bond donors (Lipinski definition) is 1. The molecular formula is C22H20FN3O3. The maximum Gasteiger partial charge on any atom is 0.275 e. The standard InChI is InChI=1S/C22H20FN3O3/c1-14-20(23)21(25-26(14)12-15-7-3-2-4-8-15)22(28)24-17-13-29-19-10-6-5-9-16(19)11-18(17)27/h2-10,17H,11-13H2,1H3,(H,24,28)/t17-/m0/s1. The lowest BCUT2D eigenvalue weighted by Crippen LogP contribution is -2.45. The molecule has 0 aliphatic carbocycles. The number of ketones is 1. The molecule has 6 nitrogen and oxygen atoms in total. The summed E-state index contributed by atoms with van der Waals surface area (Å²) in [5.74, 6) is -0.995. The summed E-state index contributed by atoms with van der Waals surface area (Å²) in [5.41, 5.74) is 1.64. The van der Waals surface area contributed by atoms with Crippen LogP contribution in [0, 0.1) is 12.7 Å². The van der Waals surface area contributed by atoms with Gasteiger partial charge in [-0.1, -0.05) is 48.5 Å². The summed E-state index contributed by atoms with van der Waals surface area (Å²) in [6, 6.07) is 15.8. The molecule has 0 saturated heterocycles. The number of ether oxygens (including phenoxy) is 1. The normalized spacial score (nSPS) is 15.9. The largest absolute Gasteiger partial charge is 0.491 e. The molecule has 1 amide bonds. The Morgan fingerprint density at radius 2 is 1.93 bits per heavy atom. The quantitative estimate of drug-likeness (QED) is 0.740. The summed E-state index contributed by atoms with van der Waals surface area (Å²) in [7, 11) is 0. The number of aromatic nitrogens is 2. The van der Waals surface area contributed by atoms with Gasteiger partial charge < -0.3 is 10.1 Å². The number of Topliss-reactive ketones (excluding diaryl/α,β-unsaturated/α-hetero) is 1. The summed E-state index contributed by atoms with van der Waals surface area (Å²) in [4.78, 5) is 25.2. The van der Waals surface area contributed by atoms with E-state index >= 15 is 0 Å². The fraction of sp³-hybridized carbons (Fsp3) is 0.227. The molecule has 0 fully saturated rings. The van der Waals surface area contributed by atoms with Crippen molar-refractivity contribution >= 4 is 11.7 Å². The first-order chi connectivity index (χ1) is 14.0. The summed E-state index contributed by atoms with van der Waals surface area (Å²) in [6.07, 6.45) is 0.144. The van der Waals surface area contributed by atoms with Gasteiger partial charge in [0.25, 0.3) is 5.91 Å². The van der Waals surface area contributed by atoms with Crippen LogP contribution in [0.15, 0.2) is 54.6 Å². The van der Waals surface area contributed by atoms with E-state index in [9.17, 15) is 14.0 Å². The highest BCUT2D eigenvalue weighted by Gasteiger charge is 2.29. The highest BCUT2D eigenvalue weighted by molar-refractivity contribution is 5.97. The number of carbonyl (C=O) groups is 2. The van der Waals surface area contributed by atoms with Crippen molar-refractivity contribution in [2.45, 2.75) is 25.9 Å². The van der Waals surface area contributed by atoms with Gasteiger partial charge in [-0.25, -0.2) is 4.39 Å². The van der Waals surface area contributed by atoms with Crippen molar-refractivity contribution < 1.29 is 18.7 Å². The predicted octanol–water partition coefficient (Wildman–Crippen LogP) is 2.68. The van der Waals surface area contributed by atoms with Crippen molar-refractivity contribution in [1.82, 2.24) is 15.1 Å². The van der Waals surface area contributed by atoms with E-state index in [0.29, 0.717) is 12.3 Å². The maximum atomic E-state index is 14.7. The van der Waals surface area contributed by atoms with Crippen molar-refractivity contribution in [3.05, 3.63) is 82.9 Å². The molecular weight excluding hydrogens is 373 g/mol. The van der Waals surface area contributed by atoms with Crippen molar-refractivity contribution in [3.63, 3.8) is 0 Å². The van der Waals surface area contributed by atoms with E-state index in [1.54, 1.807) is 13.0 Å². The van der Waals surface area contributed by atoms with Crippen LogP contribution in [0.1, 0.15) is 27.3 Å². The minimum Gasteiger partial charge on any atom is -0.491 e. The molecule has 1 N–H and O–H groups in total. The molecule has 1 aliphatic heterocycles. The lowest BCUT2D eigenvalue weighted by atomic mass is 10.0. The molecule has 0 saturated carbocycles. The first kappa shape index (κ1) is 18.9. The van der Waals surface area contributed by atoms with E-state index in [1.807, 2.05) is 48.5 Å². The van der Waals surface area contributed by atoms with Crippen LogP contribution in [0.4, 0.5) is 4.39 Å². The minimum atomic E-state index is -0.867. The van der Waals surface area contributed by atoms with Gasteiger partial charge in [0.2, 0.25) is 0 Å². The molecule has 1 aromatic heterocycles. The minimum absolute atomic E-state index is 0.00703. The lowest BCUT2D eigenvalue weighted by molar-refractivity contribution is -0.120. The van der Waals surface area contributed by atoms with Gasteiger partial charge in [0.1, 0.15) is 18.4 Å². The van der Waals surface area contributed by atoms with E-state index in [2.05, 4.69) is 10.4 Å². The third-order valence-electron chi connectivity index (χ3n) is 4.96. The van der Waals surface area contributed by atoms with Crippen LogP contribution in [0.3, 0.4) is 0 Å². The highest BCUT2D eigenvalue weighted by Crippen LogP contribution is 2.22. The van der Waals surface area contributed by atoms with Crippen molar-refractivity contribution in [2.75, 3.05) is 6.61 Å². The summed E-state index contributed by atoms with van der Waals surface area (Å²) >= 11 is 0. The van der Waals surface area contributed by atoms with Crippen LogP contribution in [-0.2, 0) is 17.8 Å². The zero-order valence-corrected chi connectivity index (χ0v) is 15.9. The second-order valence-corrected chi connectivity index (χ2v) is 6.98. The van der Waals surface area contributed by atoms with E-state index in [1.165, 1.54) is 4.68 Å². The molecule has 29 heavy (non-hydrogen) atoms. The van der Waals surface area contributed by atoms with E-state index < -0.39 is 17.8 Å². The Morgan fingerprint density at radius 1 is 1.21 bits per heavy atom. The molecule has 1 atom stereocenters. The predicted molar refractivity (Wildman–Crippen MR) is 104 cm³/mol. The lowest BCUT2D eigenvalue weighted by Gasteiger charge is -2.14. The molecule has 4 rings (SSSR count). The van der Waals surface area contributed by atoms with Crippen LogP contribution in [0.25, 0.3) is 0 Å². The van der Waals surface area contributed by atoms with Crippen molar-refractivity contribution in [1.29, 1.82) is 0 Å². The zero-order chi connectivity index (χ0) is 20.4. The average Bonchev–Trinajstić information content (AvgIpc) is 2.91. The number of benzene rings is 2. The molecule has 0 bridgehead atoms. The smallest absolute Gasteiger partial charge is 0.275 e. The molecule has 1 aliphatic rings. The number of nitrogens with one attached hydrogen (secondary N) is 1. The van der Waals surface area contributed by atoms with Crippen molar-refractivity contribution in [2.24, 2.45) is 0 Å². The first-order valence-corrected chi connectivity index (χ1v) is 9.34. The third-order valence-corrected chi connectivity index (χ3v) is 4.96. The summed E-state index contributed by atoms with van der Waals surface area (Å²) in [6.45, 7) is 1.91. The molecule has 0 radical (unpaired) electrons. The number of halogens is 1. The van der Waals surface area contributed by atoms with Gasteiger partial charge in [0.05, 0.1) is 12.2 Å². The van der Waals surface area contributed by atoms with Gasteiger partial charge in [-0.2, -0.15) is 5.10 Å².